The fourth-order valence-electron chi connectivity index (χ4n) is 1.72. The summed E-state index contributed by atoms with van der Waals surface area (Å²) < 4.78 is 1.61. The number of carbonyl (C=O) groups is 1. The smallest absolute Gasteiger partial charge is 0.228 e. The summed E-state index contributed by atoms with van der Waals surface area (Å²) in [4.78, 5) is 11.7. The van der Waals surface area contributed by atoms with Crippen LogP contribution in [-0.4, -0.2) is 15.7 Å². The summed E-state index contributed by atoms with van der Waals surface area (Å²) in [6, 6.07) is 0. The number of hydrogen-bond acceptors (Lipinski definition) is 3. The molecule has 1 heterocycles. The number of aryl methyl sites for hydroxylation is 2. The molecular weight excluding hydrogens is 192 g/mol. The molecule has 2 atom stereocenters. The van der Waals surface area contributed by atoms with Crippen molar-refractivity contribution in [2.75, 3.05) is 11.1 Å². The molecule has 1 aliphatic rings. The Morgan fingerprint density at radius 2 is 2.27 bits per heavy atom. The van der Waals surface area contributed by atoms with Crippen molar-refractivity contribution in [3.05, 3.63) is 5.69 Å². The molecule has 1 aliphatic carbocycles. The molecular formula is C10H16N4O. The first-order valence-electron chi connectivity index (χ1n) is 5.10. The zero-order valence-electron chi connectivity index (χ0n) is 9.24. The van der Waals surface area contributed by atoms with Crippen molar-refractivity contribution in [3.63, 3.8) is 0 Å². The van der Waals surface area contributed by atoms with Gasteiger partial charge in [0, 0.05) is 13.0 Å². The number of nitrogens with one attached hydrogen (secondary N) is 1. The van der Waals surface area contributed by atoms with Gasteiger partial charge in [-0.3, -0.25) is 9.48 Å². The van der Waals surface area contributed by atoms with Gasteiger partial charge in [0.25, 0.3) is 0 Å². The topological polar surface area (TPSA) is 72.9 Å². The van der Waals surface area contributed by atoms with E-state index in [1.807, 2.05) is 6.92 Å². The minimum atomic E-state index is 0.0530. The molecule has 1 aromatic heterocycles. The third kappa shape index (κ3) is 1.69. The first kappa shape index (κ1) is 10.0. The van der Waals surface area contributed by atoms with Crippen LogP contribution in [0.2, 0.25) is 0 Å². The number of rotatable bonds is 2. The predicted molar refractivity (Wildman–Crippen MR) is 58.3 cm³/mol. The average Bonchev–Trinajstić information content (AvgIpc) is 2.84. The molecule has 0 saturated heterocycles. The summed E-state index contributed by atoms with van der Waals surface area (Å²) >= 11 is 0. The SMILES string of the molecule is Cc1nn(C)c(NC(=O)C2CC2C)c1N. The van der Waals surface area contributed by atoms with Crippen molar-refractivity contribution in [1.29, 1.82) is 0 Å². The molecule has 2 unspecified atom stereocenters. The summed E-state index contributed by atoms with van der Waals surface area (Å²) in [6.07, 6.45) is 0.975. The predicted octanol–water partition coefficient (Wildman–Crippen LogP) is 0.905. The molecule has 1 saturated carbocycles. The van der Waals surface area contributed by atoms with Crippen LogP contribution in [0.5, 0.6) is 0 Å². The number of amides is 1. The van der Waals surface area contributed by atoms with Crippen molar-refractivity contribution >= 4 is 17.4 Å². The third-order valence-electron chi connectivity index (χ3n) is 2.96. The number of aromatic nitrogens is 2. The van der Waals surface area contributed by atoms with E-state index < -0.39 is 0 Å². The van der Waals surface area contributed by atoms with E-state index in [9.17, 15) is 4.79 Å². The second kappa shape index (κ2) is 3.25. The van der Waals surface area contributed by atoms with Crippen LogP contribution in [0, 0.1) is 18.8 Å². The molecule has 1 aromatic rings. The highest BCUT2D eigenvalue weighted by Gasteiger charge is 2.39. The second-order valence-electron chi connectivity index (χ2n) is 4.28. The number of nitrogens with two attached hydrogens (primary N) is 1. The van der Waals surface area contributed by atoms with Crippen LogP contribution in [0.4, 0.5) is 11.5 Å². The summed E-state index contributed by atoms with van der Waals surface area (Å²) in [5, 5.41) is 6.97. The molecule has 0 aromatic carbocycles. The van der Waals surface area contributed by atoms with Crippen molar-refractivity contribution < 1.29 is 4.79 Å². The quantitative estimate of drug-likeness (QED) is 0.758. The fourth-order valence-corrected chi connectivity index (χ4v) is 1.72. The molecule has 0 spiro atoms. The van der Waals surface area contributed by atoms with E-state index in [-0.39, 0.29) is 11.8 Å². The molecule has 3 N–H and O–H groups in total. The first-order valence-corrected chi connectivity index (χ1v) is 5.10. The molecule has 0 aliphatic heterocycles. The Hall–Kier alpha value is -1.52. The highest BCUT2D eigenvalue weighted by atomic mass is 16.2. The zero-order valence-corrected chi connectivity index (χ0v) is 9.24. The maximum Gasteiger partial charge on any atom is 0.228 e. The van der Waals surface area contributed by atoms with Gasteiger partial charge in [-0.1, -0.05) is 6.92 Å². The van der Waals surface area contributed by atoms with Gasteiger partial charge in [-0.05, 0) is 19.3 Å². The normalized spacial score (nSPS) is 23.9. The van der Waals surface area contributed by atoms with Gasteiger partial charge in [-0.15, -0.1) is 0 Å². The molecule has 5 heteroatoms. The minimum absolute atomic E-state index is 0.0530. The van der Waals surface area contributed by atoms with Crippen molar-refractivity contribution in [1.82, 2.24) is 9.78 Å². The van der Waals surface area contributed by atoms with E-state index >= 15 is 0 Å². The Kier molecular flexibility index (Phi) is 2.17. The van der Waals surface area contributed by atoms with Gasteiger partial charge in [0.2, 0.25) is 5.91 Å². The van der Waals surface area contributed by atoms with Crippen LogP contribution in [0.25, 0.3) is 0 Å². The molecule has 5 nitrogen and oxygen atoms in total. The number of nitrogens with zero attached hydrogens (tertiary/aromatic N) is 2. The second-order valence-corrected chi connectivity index (χ2v) is 4.28. The van der Waals surface area contributed by atoms with Crippen molar-refractivity contribution in [3.8, 4) is 0 Å². The van der Waals surface area contributed by atoms with Gasteiger partial charge in [-0.25, -0.2) is 0 Å². The molecule has 0 radical (unpaired) electrons. The molecule has 0 bridgehead atoms. The third-order valence-corrected chi connectivity index (χ3v) is 2.96. The summed E-state index contributed by atoms with van der Waals surface area (Å²) in [6.45, 7) is 3.90. The van der Waals surface area contributed by atoms with Crippen molar-refractivity contribution in [2.45, 2.75) is 20.3 Å². The summed E-state index contributed by atoms with van der Waals surface area (Å²) in [5.74, 6) is 1.31. The van der Waals surface area contributed by atoms with Gasteiger partial charge < -0.3 is 11.1 Å². The lowest BCUT2D eigenvalue weighted by Gasteiger charge is -2.05. The van der Waals surface area contributed by atoms with Gasteiger partial charge in [0.05, 0.1) is 11.4 Å². The van der Waals surface area contributed by atoms with E-state index in [2.05, 4.69) is 17.3 Å². The standard InChI is InChI=1S/C10H16N4O/c1-5-4-7(5)10(15)12-9-8(11)6(2)13-14(9)3/h5,7H,4,11H2,1-3H3,(H,12,15). The molecule has 1 amide bonds. The fraction of sp³-hybridized carbons (Fsp3) is 0.600. The maximum atomic E-state index is 11.7. The largest absolute Gasteiger partial charge is 0.394 e. The Morgan fingerprint density at radius 3 is 2.67 bits per heavy atom. The highest BCUT2D eigenvalue weighted by Crippen LogP contribution is 2.38. The number of nitrogen functional groups attached to an aromatic ring is 1. The van der Waals surface area contributed by atoms with E-state index in [0.29, 0.717) is 17.4 Å². The molecule has 82 valence electrons. The Morgan fingerprint density at radius 1 is 1.67 bits per heavy atom. The minimum Gasteiger partial charge on any atom is -0.394 e. The van der Waals surface area contributed by atoms with E-state index in [0.717, 1.165) is 12.1 Å². The van der Waals surface area contributed by atoms with Crippen LogP contribution < -0.4 is 11.1 Å². The number of carbonyl (C=O) groups excluding carboxylic acids is 1. The lowest BCUT2D eigenvalue weighted by molar-refractivity contribution is -0.117. The average molecular weight is 208 g/mol. The number of anilines is 2. The van der Waals surface area contributed by atoms with E-state index in [4.69, 9.17) is 5.73 Å². The molecule has 1 fully saturated rings. The van der Waals surface area contributed by atoms with Gasteiger partial charge >= 0.3 is 0 Å². The highest BCUT2D eigenvalue weighted by molar-refractivity contribution is 5.96. The van der Waals surface area contributed by atoms with Crippen LogP contribution >= 0.6 is 0 Å². The van der Waals surface area contributed by atoms with Gasteiger partial charge in [-0.2, -0.15) is 5.10 Å². The van der Waals surface area contributed by atoms with E-state index in [1.54, 1.807) is 11.7 Å². The Balaban J connectivity index is 2.13. The van der Waals surface area contributed by atoms with Crippen LogP contribution in [0.3, 0.4) is 0 Å². The molecule has 2 rings (SSSR count). The summed E-state index contributed by atoms with van der Waals surface area (Å²) in [7, 11) is 1.77. The van der Waals surface area contributed by atoms with Crippen LogP contribution in [-0.2, 0) is 11.8 Å². The monoisotopic (exact) mass is 208 g/mol. The lowest BCUT2D eigenvalue weighted by atomic mass is 10.3. The maximum absolute atomic E-state index is 11.7. The Labute approximate surface area is 88.6 Å². The van der Waals surface area contributed by atoms with E-state index in [1.165, 1.54) is 0 Å². The van der Waals surface area contributed by atoms with Gasteiger partial charge in [0.15, 0.2) is 5.82 Å². The molecule has 15 heavy (non-hydrogen) atoms. The zero-order chi connectivity index (χ0) is 11.2. The van der Waals surface area contributed by atoms with Crippen LogP contribution in [0.1, 0.15) is 19.0 Å². The van der Waals surface area contributed by atoms with Crippen molar-refractivity contribution in [2.24, 2.45) is 18.9 Å². The van der Waals surface area contributed by atoms with Crippen LogP contribution in [0.15, 0.2) is 0 Å². The number of hydrogen-bond donors (Lipinski definition) is 2. The summed E-state index contributed by atoms with van der Waals surface area (Å²) in [5.41, 5.74) is 7.11. The Bertz CT molecular complexity index is 410. The van der Waals surface area contributed by atoms with Gasteiger partial charge in [0.1, 0.15) is 0 Å². The lowest BCUT2D eigenvalue weighted by Crippen LogP contribution is -2.17. The first-order chi connectivity index (χ1) is 7.00.